The van der Waals surface area contributed by atoms with Crippen LogP contribution in [0.5, 0.6) is 0 Å². The minimum Gasteiger partial charge on any atom is -0.462 e. The van der Waals surface area contributed by atoms with Crippen molar-refractivity contribution in [1.82, 2.24) is 0 Å². The largest absolute Gasteiger partial charge is 0.472 e. The summed E-state index contributed by atoms with van der Waals surface area (Å²) in [6.45, 7) is 9.43. The number of carbonyl (C=O) groups is 4. The number of carbonyl (C=O) groups excluding carboxylic acids is 4. The SMILES string of the molecule is CCCCCCCCCCCCCCCCCCC(=O)O[C@H](COC(=O)CCCCCCCCCCC(C)C)COP(=O)(O)OC[C@@H](O)COP(=O)(O)OC[C@@H](COC(=O)CCCCCCCCCCCC)OC(=O)CCCCCCCCCC(C)C. The Bertz CT molecular complexity index is 1700. The van der Waals surface area contributed by atoms with Crippen molar-refractivity contribution in [3.8, 4) is 0 Å². The van der Waals surface area contributed by atoms with Gasteiger partial charge in [-0.05, 0) is 37.5 Å². The third-order valence-corrected chi connectivity index (χ3v) is 17.6. The summed E-state index contributed by atoms with van der Waals surface area (Å²) in [4.78, 5) is 72.4. The molecule has 0 saturated carbocycles. The molecule has 5 atom stereocenters. The number of rotatable bonds is 67. The number of esters is 4. The van der Waals surface area contributed by atoms with Gasteiger partial charge in [-0.15, -0.1) is 0 Å². The van der Waals surface area contributed by atoms with Crippen LogP contribution in [0.25, 0.3) is 0 Å². The van der Waals surface area contributed by atoms with Crippen molar-refractivity contribution in [1.29, 1.82) is 0 Å². The van der Waals surface area contributed by atoms with Crippen molar-refractivity contribution >= 4 is 39.5 Å². The van der Waals surface area contributed by atoms with Crippen molar-refractivity contribution < 1.29 is 80.2 Å². The molecule has 516 valence electrons. The molecule has 0 aliphatic rings. The first-order valence-electron chi connectivity index (χ1n) is 35.5. The molecule has 0 aliphatic heterocycles. The molecule has 2 unspecified atom stereocenters. The van der Waals surface area contributed by atoms with Crippen LogP contribution in [0.15, 0.2) is 0 Å². The molecule has 19 heteroatoms. The summed E-state index contributed by atoms with van der Waals surface area (Å²) in [6.07, 6.45) is 44.5. The quantitative estimate of drug-likeness (QED) is 0.0222. The van der Waals surface area contributed by atoms with Gasteiger partial charge in [-0.2, -0.15) is 0 Å². The molecule has 0 radical (unpaired) electrons. The highest BCUT2D eigenvalue weighted by Crippen LogP contribution is 2.45. The molecule has 0 fully saturated rings. The van der Waals surface area contributed by atoms with Crippen molar-refractivity contribution in [2.45, 2.75) is 362 Å². The van der Waals surface area contributed by atoms with Crippen molar-refractivity contribution in [3.63, 3.8) is 0 Å². The molecule has 87 heavy (non-hydrogen) atoms. The Kier molecular flexibility index (Phi) is 59.0. The Morgan fingerprint density at radius 2 is 0.529 bits per heavy atom. The maximum Gasteiger partial charge on any atom is 0.472 e. The van der Waals surface area contributed by atoms with Gasteiger partial charge < -0.3 is 33.8 Å². The van der Waals surface area contributed by atoms with Gasteiger partial charge in [0.05, 0.1) is 26.4 Å². The third kappa shape index (κ3) is 62.6. The van der Waals surface area contributed by atoms with Crippen LogP contribution >= 0.6 is 15.6 Å². The van der Waals surface area contributed by atoms with Crippen LogP contribution in [0.3, 0.4) is 0 Å². The van der Waals surface area contributed by atoms with Gasteiger partial charge in [0.1, 0.15) is 19.3 Å². The number of aliphatic hydroxyl groups is 1. The van der Waals surface area contributed by atoms with Crippen molar-refractivity contribution in [3.05, 3.63) is 0 Å². The fourth-order valence-electron chi connectivity index (χ4n) is 10.2. The highest BCUT2D eigenvalue weighted by atomic mass is 31.2. The summed E-state index contributed by atoms with van der Waals surface area (Å²) in [5.41, 5.74) is 0. The van der Waals surface area contributed by atoms with Crippen LogP contribution in [-0.4, -0.2) is 96.7 Å². The standard InChI is InChI=1S/C68H132O17P2/c1-7-9-11-13-15-17-19-20-21-22-23-24-26-34-40-46-52-67(72)84-63(56-79-66(71)51-45-39-33-28-27-30-36-42-48-60(3)4)58-82-86(74,75)80-54-62(69)55-81-87(76,77)83-59-64(85-68(73)53-47-41-35-29-31-37-43-49-61(5)6)57-78-65(70)50-44-38-32-25-18-16-14-12-10-8-2/h60-64,69H,7-59H2,1-6H3,(H,74,75)(H,76,77)/t62-,63-,64-/m1/s1. The van der Waals surface area contributed by atoms with E-state index in [0.29, 0.717) is 31.6 Å². The third-order valence-electron chi connectivity index (χ3n) is 15.7. The lowest BCUT2D eigenvalue weighted by Gasteiger charge is -2.21. The molecule has 0 spiro atoms. The summed E-state index contributed by atoms with van der Waals surface area (Å²) in [7, 11) is -9.89. The van der Waals surface area contributed by atoms with E-state index in [-0.39, 0.29) is 25.7 Å². The number of phosphoric acid groups is 2. The van der Waals surface area contributed by atoms with Crippen molar-refractivity contribution in [2.75, 3.05) is 39.6 Å². The summed E-state index contributed by atoms with van der Waals surface area (Å²) in [5.74, 6) is -0.707. The normalized spacial score (nSPS) is 14.2. The number of ether oxygens (including phenoxy) is 4. The van der Waals surface area contributed by atoms with Crippen LogP contribution in [0, 0.1) is 11.8 Å². The molecule has 0 aromatic carbocycles. The molecule has 0 amide bonds. The lowest BCUT2D eigenvalue weighted by atomic mass is 10.0. The Morgan fingerprint density at radius 3 is 0.782 bits per heavy atom. The summed E-state index contributed by atoms with van der Waals surface area (Å²) in [6, 6.07) is 0. The van der Waals surface area contributed by atoms with E-state index in [0.717, 1.165) is 95.8 Å². The number of hydrogen-bond acceptors (Lipinski definition) is 15. The summed E-state index contributed by atoms with van der Waals surface area (Å²) in [5, 5.41) is 10.6. The van der Waals surface area contributed by atoms with Crippen molar-refractivity contribution in [2.24, 2.45) is 11.8 Å². The molecule has 0 aromatic rings. The van der Waals surface area contributed by atoms with E-state index >= 15 is 0 Å². The molecule has 0 saturated heterocycles. The Morgan fingerprint density at radius 1 is 0.310 bits per heavy atom. The van der Waals surface area contributed by atoms with Crippen LogP contribution in [0.2, 0.25) is 0 Å². The second-order valence-electron chi connectivity index (χ2n) is 25.5. The fourth-order valence-corrected chi connectivity index (χ4v) is 11.8. The van der Waals surface area contributed by atoms with Gasteiger partial charge >= 0.3 is 39.5 Å². The number of aliphatic hydroxyl groups excluding tert-OH is 1. The van der Waals surface area contributed by atoms with Gasteiger partial charge in [0, 0.05) is 25.7 Å². The molecule has 0 bridgehead atoms. The zero-order valence-electron chi connectivity index (χ0n) is 56.3. The van der Waals surface area contributed by atoms with Gasteiger partial charge in [-0.25, -0.2) is 9.13 Å². The fraction of sp³-hybridized carbons (Fsp3) is 0.941. The Hall–Kier alpha value is -1.94. The van der Waals surface area contributed by atoms with Gasteiger partial charge in [0.2, 0.25) is 0 Å². The molecule has 0 aromatic heterocycles. The first-order valence-corrected chi connectivity index (χ1v) is 38.5. The average molecular weight is 1280 g/mol. The van der Waals surface area contributed by atoms with Crippen LogP contribution in [-0.2, 0) is 65.4 Å². The second kappa shape index (κ2) is 60.3. The lowest BCUT2D eigenvalue weighted by Crippen LogP contribution is -2.30. The first kappa shape index (κ1) is 85.1. The predicted molar refractivity (Wildman–Crippen MR) is 349 cm³/mol. The monoisotopic (exact) mass is 1280 g/mol. The molecule has 0 rings (SSSR count). The van der Waals surface area contributed by atoms with E-state index in [2.05, 4.69) is 41.5 Å². The predicted octanol–water partition coefficient (Wildman–Crippen LogP) is 19.2. The van der Waals surface area contributed by atoms with E-state index in [9.17, 15) is 43.2 Å². The molecule has 0 aliphatic carbocycles. The van der Waals surface area contributed by atoms with Crippen LogP contribution < -0.4 is 0 Å². The van der Waals surface area contributed by atoms with E-state index in [1.54, 1.807) is 0 Å². The molecule has 3 N–H and O–H groups in total. The van der Waals surface area contributed by atoms with E-state index in [1.807, 2.05) is 0 Å². The minimum atomic E-state index is -4.95. The second-order valence-corrected chi connectivity index (χ2v) is 28.4. The highest BCUT2D eigenvalue weighted by molar-refractivity contribution is 7.47. The number of unbranched alkanes of at least 4 members (excludes halogenated alkanes) is 37. The Balaban J connectivity index is 5.23. The van der Waals surface area contributed by atoms with E-state index in [4.69, 9.17) is 37.0 Å². The topological polar surface area (TPSA) is 237 Å². The average Bonchev–Trinajstić information content (AvgIpc) is 3.70. The minimum absolute atomic E-state index is 0.103. The maximum absolute atomic E-state index is 13.0. The number of phosphoric ester groups is 2. The smallest absolute Gasteiger partial charge is 0.462 e. The molecular formula is C68H132O17P2. The summed E-state index contributed by atoms with van der Waals surface area (Å²) < 4.78 is 68.1. The maximum atomic E-state index is 13.0. The molecular weight excluding hydrogens is 1150 g/mol. The zero-order chi connectivity index (χ0) is 64.3. The van der Waals surface area contributed by atoms with E-state index in [1.165, 1.54) is 161 Å². The van der Waals surface area contributed by atoms with Gasteiger partial charge in [0.15, 0.2) is 12.2 Å². The molecule has 0 heterocycles. The summed E-state index contributed by atoms with van der Waals surface area (Å²) >= 11 is 0. The lowest BCUT2D eigenvalue weighted by molar-refractivity contribution is -0.161. The van der Waals surface area contributed by atoms with Crippen LogP contribution in [0.4, 0.5) is 0 Å². The van der Waals surface area contributed by atoms with Gasteiger partial charge in [-0.1, -0.05) is 292 Å². The highest BCUT2D eigenvalue weighted by Gasteiger charge is 2.30. The van der Waals surface area contributed by atoms with Gasteiger partial charge in [0.25, 0.3) is 0 Å². The van der Waals surface area contributed by atoms with Crippen LogP contribution in [0.1, 0.15) is 343 Å². The molecule has 17 nitrogen and oxygen atoms in total. The Labute approximate surface area is 530 Å². The first-order chi connectivity index (χ1) is 41.9. The van der Waals surface area contributed by atoms with E-state index < -0.39 is 97.5 Å². The zero-order valence-corrected chi connectivity index (χ0v) is 58.1. The van der Waals surface area contributed by atoms with Gasteiger partial charge in [-0.3, -0.25) is 37.3 Å². The number of hydrogen-bond donors (Lipinski definition) is 3.